The van der Waals surface area contributed by atoms with Gasteiger partial charge in [-0.15, -0.1) is 0 Å². The van der Waals surface area contributed by atoms with Gasteiger partial charge in [-0.2, -0.15) is 0 Å². The van der Waals surface area contributed by atoms with Crippen LogP contribution in [0.2, 0.25) is 0 Å². The van der Waals surface area contributed by atoms with Gasteiger partial charge in [-0.25, -0.2) is 0 Å². The molecular weight excluding hydrogens is 306 g/mol. The zero-order chi connectivity index (χ0) is 17.2. The fourth-order valence-corrected chi connectivity index (χ4v) is 3.38. The quantitative estimate of drug-likeness (QED) is 0.331. The first kappa shape index (κ1) is 15.5. The molecule has 0 spiro atoms. The molecule has 0 fully saturated rings. The smallest absolute Gasteiger partial charge is 0.197 e. The first-order valence-electron chi connectivity index (χ1n) is 8.70. The molecule has 0 bridgehead atoms. The van der Waals surface area contributed by atoms with E-state index in [2.05, 4.69) is 66.1 Å². The number of hydrogen-bond donors (Lipinski definition) is 3. The van der Waals surface area contributed by atoms with Gasteiger partial charge in [-0.1, -0.05) is 61.9 Å². The lowest BCUT2D eigenvalue weighted by Crippen LogP contribution is -2.20. The summed E-state index contributed by atoms with van der Waals surface area (Å²) in [4.78, 5) is 0. The van der Waals surface area contributed by atoms with Crippen LogP contribution in [0.15, 0.2) is 54.6 Å². The van der Waals surface area contributed by atoms with E-state index in [1.54, 1.807) is 0 Å². The molecule has 3 nitrogen and oxygen atoms in total. The maximum atomic E-state index is 8.25. The summed E-state index contributed by atoms with van der Waals surface area (Å²) in [5, 5.41) is 17.1. The molecule has 0 aromatic heterocycles. The minimum atomic E-state index is 0.275. The molecule has 0 aliphatic heterocycles. The fraction of sp³-hybridized carbons (Fsp3) is 0.136. The van der Waals surface area contributed by atoms with Gasteiger partial charge in [0.2, 0.25) is 0 Å². The third-order valence-corrected chi connectivity index (χ3v) is 4.57. The maximum Gasteiger partial charge on any atom is 0.197 e. The van der Waals surface area contributed by atoms with Crippen LogP contribution < -0.4 is 10.6 Å². The summed E-state index contributed by atoms with van der Waals surface area (Å²) in [6, 6.07) is 18.8. The zero-order valence-corrected chi connectivity index (χ0v) is 14.3. The maximum absolute atomic E-state index is 8.25. The summed E-state index contributed by atoms with van der Waals surface area (Å²) in [6.45, 7) is 2.18. The normalized spacial score (nSPS) is 11.7. The van der Waals surface area contributed by atoms with Gasteiger partial charge in [0.25, 0.3) is 0 Å². The van der Waals surface area contributed by atoms with E-state index in [1.807, 2.05) is 18.2 Å². The number of guanidine groups is 1. The highest BCUT2D eigenvalue weighted by Gasteiger charge is 2.13. The topological polar surface area (TPSA) is 47.9 Å². The number of aryl methyl sites for hydroxylation is 1. The summed E-state index contributed by atoms with van der Waals surface area (Å²) in [5.74, 6) is 0.275. The van der Waals surface area contributed by atoms with Gasteiger partial charge in [0.15, 0.2) is 5.96 Å². The van der Waals surface area contributed by atoms with Crippen LogP contribution in [0.25, 0.3) is 22.9 Å². The molecule has 0 amide bonds. The molecule has 0 radical (unpaired) electrons. The largest absolute Gasteiger partial charge is 0.326 e. The number of nitrogens with one attached hydrogen (secondary N) is 3. The van der Waals surface area contributed by atoms with Gasteiger partial charge in [-0.3, -0.25) is 5.41 Å². The fourth-order valence-electron chi connectivity index (χ4n) is 3.38. The molecule has 3 aromatic carbocycles. The van der Waals surface area contributed by atoms with E-state index in [9.17, 15) is 0 Å². The van der Waals surface area contributed by atoms with Gasteiger partial charge in [0.05, 0.1) is 0 Å². The average Bonchev–Trinajstić information content (AvgIpc) is 3.05. The number of benzene rings is 3. The molecule has 0 saturated heterocycles. The molecule has 0 saturated carbocycles. The van der Waals surface area contributed by atoms with Gasteiger partial charge in [0.1, 0.15) is 0 Å². The lowest BCUT2D eigenvalue weighted by molar-refractivity contribution is 0.922. The monoisotopic (exact) mass is 327 g/mol. The molecular formula is C22H21N3. The van der Waals surface area contributed by atoms with Crippen LogP contribution >= 0.6 is 0 Å². The third kappa shape index (κ3) is 3.01. The van der Waals surface area contributed by atoms with Crippen molar-refractivity contribution in [3.63, 3.8) is 0 Å². The Morgan fingerprint density at radius 2 is 1.76 bits per heavy atom. The summed E-state index contributed by atoms with van der Waals surface area (Å²) < 4.78 is 0. The lowest BCUT2D eigenvalue weighted by Gasteiger charge is -2.14. The SMILES string of the molecule is CCCc1ccc(NC(=N)Nc2ccc3cccc4c3c2C=C4)cc1. The van der Waals surface area contributed by atoms with Crippen LogP contribution in [0.1, 0.15) is 30.0 Å². The molecule has 124 valence electrons. The first-order chi connectivity index (χ1) is 12.2. The zero-order valence-electron chi connectivity index (χ0n) is 14.3. The molecule has 3 heteroatoms. The molecule has 0 unspecified atom stereocenters. The van der Waals surface area contributed by atoms with Crippen molar-refractivity contribution in [1.29, 1.82) is 5.41 Å². The van der Waals surface area contributed by atoms with Crippen molar-refractivity contribution in [2.75, 3.05) is 10.6 Å². The molecule has 0 heterocycles. The second-order valence-electron chi connectivity index (χ2n) is 6.38. The summed E-state index contributed by atoms with van der Waals surface area (Å²) in [6.07, 6.45) is 6.48. The summed E-state index contributed by atoms with van der Waals surface area (Å²) >= 11 is 0. The number of anilines is 2. The molecule has 3 aromatic rings. The minimum Gasteiger partial charge on any atom is -0.326 e. The first-order valence-corrected chi connectivity index (χ1v) is 8.70. The lowest BCUT2D eigenvalue weighted by atomic mass is 10.0. The Bertz CT molecular complexity index is 968. The standard InChI is InChI=1S/C22H21N3/c1-2-4-15-7-11-18(12-8-15)24-22(23)25-20-14-10-17-6-3-5-16-9-13-19(20)21(16)17/h3,5-14H,2,4H2,1H3,(H3,23,24,25). The third-order valence-electron chi connectivity index (χ3n) is 4.57. The van der Waals surface area contributed by atoms with Crippen molar-refractivity contribution in [2.45, 2.75) is 19.8 Å². The van der Waals surface area contributed by atoms with Crippen LogP contribution in [0, 0.1) is 5.41 Å². The minimum absolute atomic E-state index is 0.275. The Balaban J connectivity index is 1.52. The van der Waals surface area contributed by atoms with E-state index in [-0.39, 0.29) is 5.96 Å². The van der Waals surface area contributed by atoms with Gasteiger partial charge >= 0.3 is 0 Å². The van der Waals surface area contributed by atoms with Crippen molar-refractivity contribution in [1.82, 2.24) is 0 Å². The molecule has 25 heavy (non-hydrogen) atoms. The van der Waals surface area contributed by atoms with E-state index in [4.69, 9.17) is 5.41 Å². The van der Waals surface area contributed by atoms with E-state index >= 15 is 0 Å². The van der Waals surface area contributed by atoms with Crippen LogP contribution in [-0.4, -0.2) is 5.96 Å². The van der Waals surface area contributed by atoms with Crippen molar-refractivity contribution < 1.29 is 0 Å². The second kappa shape index (κ2) is 6.44. The Kier molecular flexibility index (Phi) is 3.98. The van der Waals surface area contributed by atoms with Crippen LogP contribution in [-0.2, 0) is 6.42 Å². The summed E-state index contributed by atoms with van der Waals surface area (Å²) in [7, 11) is 0. The van der Waals surface area contributed by atoms with E-state index in [1.165, 1.54) is 21.9 Å². The molecule has 4 rings (SSSR count). The Labute approximate surface area is 147 Å². The van der Waals surface area contributed by atoms with Gasteiger partial charge < -0.3 is 10.6 Å². The van der Waals surface area contributed by atoms with Crippen molar-refractivity contribution in [3.05, 3.63) is 71.3 Å². The molecule has 3 N–H and O–H groups in total. The number of hydrogen-bond acceptors (Lipinski definition) is 1. The highest BCUT2D eigenvalue weighted by molar-refractivity contribution is 6.11. The number of rotatable bonds is 4. The highest BCUT2D eigenvalue weighted by atomic mass is 15.1. The predicted molar refractivity (Wildman–Crippen MR) is 108 cm³/mol. The van der Waals surface area contributed by atoms with Crippen molar-refractivity contribution >= 4 is 40.3 Å². The molecule has 1 aliphatic carbocycles. The Morgan fingerprint density at radius 3 is 2.56 bits per heavy atom. The van der Waals surface area contributed by atoms with Crippen molar-refractivity contribution in [3.8, 4) is 0 Å². The van der Waals surface area contributed by atoms with E-state index in [0.29, 0.717) is 0 Å². The van der Waals surface area contributed by atoms with Crippen molar-refractivity contribution in [2.24, 2.45) is 0 Å². The van der Waals surface area contributed by atoms with Crippen LogP contribution in [0.4, 0.5) is 11.4 Å². The highest BCUT2D eigenvalue weighted by Crippen LogP contribution is 2.35. The van der Waals surface area contributed by atoms with Crippen LogP contribution in [0.3, 0.4) is 0 Å². The second-order valence-corrected chi connectivity index (χ2v) is 6.38. The van der Waals surface area contributed by atoms with Gasteiger partial charge in [-0.05, 0) is 46.5 Å². The predicted octanol–water partition coefficient (Wildman–Crippen LogP) is 5.73. The van der Waals surface area contributed by atoms with E-state index in [0.717, 1.165) is 29.8 Å². The molecule has 1 aliphatic rings. The van der Waals surface area contributed by atoms with Gasteiger partial charge in [0, 0.05) is 16.9 Å². The average molecular weight is 327 g/mol. The van der Waals surface area contributed by atoms with Crippen LogP contribution in [0.5, 0.6) is 0 Å². The Morgan fingerprint density at radius 1 is 0.920 bits per heavy atom. The summed E-state index contributed by atoms with van der Waals surface area (Å²) in [5.41, 5.74) is 5.59. The Hall–Kier alpha value is -3.07. The van der Waals surface area contributed by atoms with E-state index < -0.39 is 0 Å². The molecule has 0 atom stereocenters.